The van der Waals surface area contributed by atoms with Crippen molar-refractivity contribution in [2.75, 3.05) is 18.5 Å². The molecule has 0 saturated carbocycles. The van der Waals surface area contributed by atoms with Crippen molar-refractivity contribution in [3.63, 3.8) is 0 Å². The molecule has 15 heavy (non-hydrogen) atoms. The zero-order valence-electron chi connectivity index (χ0n) is 9.13. The van der Waals surface area contributed by atoms with Gasteiger partial charge in [0.2, 0.25) is 0 Å². The van der Waals surface area contributed by atoms with Gasteiger partial charge in [0.1, 0.15) is 0 Å². The number of halogens is 2. The van der Waals surface area contributed by atoms with E-state index in [1.54, 1.807) is 11.1 Å². The molecule has 1 heterocycles. The minimum absolute atomic E-state index is 0.231. The second-order valence-electron chi connectivity index (χ2n) is 3.97. The van der Waals surface area contributed by atoms with Crippen LogP contribution in [-0.2, 0) is 12.8 Å². The molecule has 1 aromatic rings. The van der Waals surface area contributed by atoms with Crippen LogP contribution in [0.5, 0.6) is 0 Å². The van der Waals surface area contributed by atoms with E-state index < -0.39 is 0 Å². The SMILES string of the molecule is C[I-][C@@]1(I)Cc2ccccc2CCN1C. The first-order valence-electron chi connectivity index (χ1n) is 5.13. The van der Waals surface area contributed by atoms with E-state index in [9.17, 15) is 0 Å². The molecule has 84 valence electrons. The predicted octanol–water partition coefficient (Wildman–Crippen LogP) is -0.475. The van der Waals surface area contributed by atoms with Gasteiger partial charge in [-0.1, -0.05) is 0 Å². The van der Waals surface area contributed by atoms with E-state index in [0.29, 0.717) is 1.55 Å². The zero-order valence-corrected chi connectivity index (χ0v) is 13.4. The summed E-state index contributed by atoms with van der Waals surface area (Å²) in [6.07, 6.45) is 2.44. The first-order chi connectivity index (χ1) is 7.15. The number of nitrogens with zero attached hydrogens (tertiary/aromatic N) is 1. The monoisotopic (exact) mass is 428 g/mol. The van der Waals surface area contributed by atoms with E-state index in [2.05, 4.69) is 63.7 Å². The molecule has 0 fully saturated rings. The fourth-order valence-electron chi connectivity index (χ4n) is 2.00. The van der Waals surface area contributed by atoms with E-state index >= 15 is 0 Å². The Bertz CT molecular complexity index is 353. The molecule has 0 aliphatic carbocycles. The van der Waals surface area contributed by atoms with Crippen LogP contribution in [0.2, 0.25) is 0 Å². The Kier molecular flexibility index (Phi) is 3.93. The average molecular weight is 428 g/mol. The molecule has 1 aliphatic heterocycles. The Morgan fingerprint density at radius 3 is 2.67 bits per heavy atom. The first-order valence-corrected chi connectivity index (χ1v) is 9.45. The summed E-state index contributed by atoms with van der Waals surface area (Å²) in [5.41, 5.74) is 3.12. The van der Waals surface area contributed by atoms with Crippen LogP contribution in [-0.4, -0.2) is 25.0 Å². The van der Waals surface area contributed by atoms with E-state index in [-0.39, 0.29) is 21.2 Å². The summed E-state index contributed by atoms with van der Waals surface area (Å²) >= 11 is 2.91. The van der Waals surface area contributed by atoms with Gasteiger partial charge in [-0.3, -0.25) is 0 Å². The van der Waals surface area contributed by atoms with Gasteiger partial charge in [0.25, 0.3) is 0 Å². The summed E-state index contributed by atoms with van der Waals surface area (Å²) in [5, 5.41) is 0. The molecule has 0 radical (unpaired) electrons. The molecule has 0 saturated heterocycles. The van der Waals surface area contributed by atoms with E-state index in [0.717, 1.165) is 0 Å². The second kappa shape index (κ2) is 4.87. The van der Waals surface area contributed by atoms with E-state index in [1.807, 2.05) is 0 Å². The van der Waals surface area contributed by atoms with Crippen molar-refractivity contribution >= 4 is 22.6 Å². The van der Waals surface area contributed by atoms with Crippen LogP contribution in [0.3, 0.4) is 0 Å². The van der Waals surface area contributed by atoms with E-state index in [1.165, 1.54) is 19.4 Å². The Morgan fingerprint density at radius 1 is 1.33 bits per heavy atom. The Labute approximate surface area is 116 Å². The van der Waals surface area contributed by atoms with Crippen molar-refractivity contribution < 1.29 is 21.2 Å². The number of fused-ring (bicyclic) bond motifs is 1. The molecule has 3 heteroatoms. The summed E-state index contributed by atoms with van der Waals surface area (Å²) < 4.78 is 0.420. The van der Waals surface area contributed by atoms with Crippen molar-refractivity contribution in [3.8, 4) is 0 Å². The third-order valence-corrected chi connectivity index (χ3v) is 9.88. The van der Waals surface area contributed by atoms with Crippen molar-refractivity contribution in [1.29, 1.82) is 0 Å². The average Bonchev–Trinajstić information content (AvgIpc) is 2.38. The molecular weight excluding hydrogens is 412 g/mol. The summed E-state index contributed by atoms with van der Waals surface area (Å²) in [6.45, 7) is 1.20. The summed E-state index contributed by atoms with van der Waals surface area (Å²) in [5.74, 6) is 0. The van der Waals surface area contributed by atoms with Gasteiger partial charge in [-0.15, -0.1) is 0 Å². The normalized spacial score (nSPS) is 27.4. The standard InChI is InChI=1S/C12H16I2N/c1-14-12(13)9-11-6-4-3-5-10(11)7-8-15(12)2/h3-6H,7-9H2,1-2H3/q-1/t12-/m0/s1. The van der Waals surface area contributed by atoms with Crippen LogP contribution in [0.4, 0.5) is 0 Å². The summed E-state index contributed by atoms with van der Waals surface area (Å²) in [7, 11) is 2.28. The van der Waals surface area contributed by atoms with Crippen LogP contribution in [0, 0.1) is 0 Å². The van der Waals surface area contributed by atoms with Gasteiger partial charge in [-0.05, 0) is 0 Å². The van der Waals surface area contributed by atoms with Gasteiger partial charge in [0.15, 0.2) is 0 Å². The molecule has 0 amide bonds. The molecule has 2 rings (SSSR count). The maximum absolute atomic E-state index is 2.68. The number of hydrogen-bond acceptors (Lipinski definition) is 1. The number of rotatable bonds is 1. The van der Waals surface area contributed by atoms with Crippen molar-refractivity contribution in [2.45, 2.75) is 14.4 Å². The number of likely N-dealkylation sites (N-methyl/N-ethyl adjacent to an activating group) is 1. The fourth-order valence-corrected chi connectivity index (χ4v) is 4.51. The van der Waals surface area contributed by atoms with Crippen LogP contribution in [0.1, 0.15) is 11.1 Å². The second-order valence-corrected chi connectivity index (χ2v) is 10.7. The molecule has 0 N–H and O–H groups in total. The Balaban J connectivity index is 2.35. The quantitative estimate of drug-likeness (QED) is 0.332. The molecule has 0 bridgehead atoms. The predicted molar refractivity (Wildman–Crippen MR) is 69.2 cm³/mol. The minimum atomic E-state index is 0.231. The van der Waals surface area contributed by atoms with Crippen LogP contribution < -0.4 is 21.2 Å². The topological polar surface area (TPSA) is 3.24 Å². The molecule has 1 aliphatic rings. The number of alkyl halides is 3. The van der Waals surface area contributed by atoms with Gasteiger partial charge < -0.3 is 0 Å². The molecule has 0 unspecified atom stereocenters. The van der Waals surface area contributed by atoms with Crippen molar-refractivity contribution in [3.05, 3.63) is 35.4 Å². The molecule has 1 nitrogen and oxygen atoms in total. The van der Waals surface area contributed by atoms with Gasteiger partial charge in [-0.2, -0.15) is 0 Å². The third kappa shape index (κ3) is 2.49. The summed E-state index contributed by atoms with van der Waals surface area (Å²) in [6, 6.07) is 8.94. The molecule has 0 aromatic heterocycles. The molecule has 1 atom stereocenters. The Hall–Kier alpha value is 0.640. The van der Waals surface area contributed by atoms with Crippen LogP contribution in [0.25, 0.3) is 0 Å². The van der Waals surface area contributed by atoms with Crippen LogP contribution in [0.15, 0.2) is 24.3 Å². The van der Waals surface area contributed by atoms with Crippen molar-refractivity contribution in [1.82, 2.24) is 4.90 Å². The zero-order chi connectivity index (χ0) is 10.9. The maximum atomic E-state index is 2.68. The van der Waals surface area contributed by atoms with E-state index in [4.69, 9.17) is 0 Å². The van der Waals surface area contributed by atoms with Crippen molar-refractivity contribution in [2.24, 2.45) is 0 Å². The van der Waals surface area contributed by atoms with Gasteiger partial charge >= 0.3 is 117 Å². The van der Waals surface area contributed by atoms with Gasteiger partial charge in [0, 0.05) is 0 Å². The number of benzene rings is 1. The molecule has 0 spiro atoms. The van der Waals surface area contributed by atoms with Gasteiger partial charge in [-0.25, -0.2) is 0 Å². The first kappa shape index (κ1) is 12.1. The van der Waals surface area contributed by atoms with Crippen LogP contribution >= 0.6 is 22.6 Å². The Morgan fingerprint density at radius 2 is 2.00 bits per heavy atom. The van der Waals surface area contributed by atoms with Gasteiger partial charge in [0.05, 0.1) is 0 Å². The molecule has 1 aromatic carbocycles. The molecular formula is C12H16I2N-. The third-order valence-electron chi connectivity index (χ3n) is 3.09. The summed E-state index contributed by atoms with van der Waals surface area (Å²) in [4.78, 5) is 4.95. The fraction of sp³-hybridized carbons (Fsp3) is 0.500. The number of hydrogen-bond donors (Lipinski definition) is 0.